The third kappa shape index (κ3) is 1.84. The first kappa shape index (κ1) is 11.4. The van der Waals surface area contributed by atoms with Crippen molar-refractivity contribution in [2.24, 2.45) is 0 Å². The fourth-order valence-electron chi connectivity index (χ4n) is 2.79. The number of piperidine rings is 1. The van der Waals surface area contributed by atoms with E-state index in [1.165, 1.54) is 5.06 Å². The lowest BCUT2D eigenvalue weighted by molar-refractivity contribution is -0.187. The Morgan fingerprint density at radius 1 is 1.41 bits per heavy atom. The predicted octanol–water partition coefficient (Wildman–Crippen LogP) is -1.20. The fourth-order valence-corrected chi connectivity index (χ4v) is 2.79. The van der Waals surface area contributed by atoms with Gasteiger partial charge >= 0.3 is 0 Å². The number of hydrogen-bond donors (Lipinski definition) is 2. The van der Waals surface area contributed by atoms with Gasteiger partial charge in [-0.25, -0.2) is 5.01 Å². The molecule has 7 nitrogen and oxygen atoms in total. The highest BCUT2D eigenvalue weighted by Gasteiger charge is 2.58. The molecule has 0 saturated carbocycles. The van der Waals surface area contributed by atoms with Crippen molar-refractivity contribution in [3.05, 3.63) is 0 Å². The second-order valence-corrected chi connectivity index (χ2v) is 5.11. The number of piperazine rings is 1. The van der Waals surface area contributed by atoms with Crippen molar-refractivity contribution in [1.82, 2.24) is 20.4 Å². The molecule has 7 heteroatoms. The minimum absolute atomic E-state index is 0.00842. The van der Waals surface area contributed by atoms with Crippen molar-refractivity contribution < 1.29 is 14.7 Å². The first-order valence-corrected chi connectivity index (χ1v) is 5.94. The summed E-state index contributed by atoms with van der Waals surface area (Å²) >= 11 is 0. The lowest BCUT2D eigenvalue weighted by Crippen LogP contribution is -2.62. The molecule has 96 valence electrons. The zero-order valence-electron chi connectivity index (χ0n) is 10.0. The van der Waals surface area contributed by atoms with Crippen LogP contribution >= 0.6 is 0 Å². The van der Waals surface area contributed by atoms with Gasteiger partial charge in [-0.15, -0.1) is 0 Å². The van der Waals surface area contributed by atoms with Gasteiger partial charge in [-0.1, -0.05) is 0 Å². The first-order valence-electron chi connectivity index (χ1n) is 5.94. The molecule has 3 saturated heterocycles. The second-order valence-electron chi connectivity index (χ2n) is 5.11. The molecular formula is C10H18N4O3. The van der Waals surface area contributed by atoms with Crippen LogP contribution in [0.3, 0.4) is 0 Å². The van der Waals surface area contributed by atoms with E-state index >= 15 is 0 Å². The van der Waals surface area contributed by atoms with E-state index in [0.717, 1.165) is 12.8 Å². The van der Waals surface area contributed by atoms with Crippen LogP contribution in [0.5, 0.6) is 0 Å². The van der Waals surface area contributed by atoms with Gasteiger partial charge in [0.1, 0.15) is 0 Å². The molecule has 3 unspecified atom stereocenters. The van der Waals surface area contributed by atoms with Crippen molar-refractivity contribution in [1.29, 1.82) is 0 Å². The minimum Gasteiger partial charge on any atom is -0.334 e. The Hall–Kier alpha value is -0.730. The van der Waals surface area contributed by atoms with E-state index in [-0.39, 0.29) is 30.4 Å². The van der Waals surface area contributed by atoms with Gasteiger partial charge in [0.25, 0.3) is 5.91 Å². The fraction of sp³-hybridized carbons (Fsp3) is 0.900. The number of fused-ring (bicyclic) bond motifs is 4. The number of nitrogens with one attached hydrogen (secondary N) is 1. The zero-order valence-corrected chi connectivity index (χ0v) is 10.0. The summed E-state index contributed by atoms with van der Waals surface area (Å²) < 4.78 is 5.40. The number of hydrazine groups is 1. The molecule has 2 N–H and O–H groups in total. The van der Waals surface area contributed by atoms with E-state index in [1.54, 1.807) is 19.1 Å². The van der Waals surface area contributed by atoms with Crippen molar-refractivity contribution in [2.45, 2.75) is 37.4 Å². The van der Waals surface area contributed by atoms with Crippen LogP contribution in [0.1, 0.15) is 12.8 Å². The van der Waals surface area contributed by atoms with Crippen LogP contribution in [0, 0.1) is 0 Å². The smallest absolute Gasteiger partial charge is 0.251 e. The Kier molecular flexibility index (Phi) is 2.60. The topological polar surface area (TPSA) is 71.6 Å². The number of carbonyl (C=O) groups excluding carboxylic acids is 1. The Balaban J connectivity index is 1.70. The van der Waals surface area contributed by atoms with Crippen molar-refractivity contribution in [3.8, 4) is 0 Å². The number of hydrogen-bond acceptors (Lipinski definition) is 6. The van der Waals surface area contributed by atoms with Gasteiger partial charge in [0.05, 0.1) is 12.1 Å². The van der Waals surface area contributed by atoms with Gasteiger partial charge in [-0.2, -0.15) is 5.06 Å². The third-order valence-corrected chi connectivity index (χ3v) is 3.64. The molecule has 0 aliphatic carbocycles. The number of epoxide rings is 1. The van der Waals surface area contributed by atoms with Crippen molar-refractivity contribution in [3.63, 3.8) is 0 Å². The van der Waals surface area contributed by atoms with Gasteiger partial charge < -0.3 is 9.94 Å². The summed E-state index contributed by atoms with van der Waals surface area (Å²) in [5, 5.41) is 12.7. The van der Waals surface area contributed by atoms with Crippen molar-refractivity contribution in [2.75, 3.05) is 20.6 Å². The van der Waals surface area contributed by atoms with Crippen LogP contribution in [0.2, 0.25) is 0 Å². The molecule has 0 aromatic rings. The molecule has 3 aliphatic heterocycles. The number of ether oxygens (including phenoxy) is 1. The molecule has 3 rings (SSSR count). The molecule has 5 atom stereocenters. The van der Waals surface area contributed by atoms with E-state index < -0.39 is 0 Å². The number of hydroxylamine groups is 2. The molecule has 0 aromatic carbocycles. The molecule has 1 amide bonds. The van der Waals surface area contributed by atoms with Gasteiger partial charge in [-0.3, -0.25) is 15.1 Å². The van der Waals surface area contributed by atoms with Gasteiger partial charge in [0.2, 0.25) is 0 Å². The number of rotatable bonds is 2. The monoisotopic (exact) mass is 242 g/mol. The number of carbonyl (C=O) groups is 1. The van der Waals surface area contributed by atoms with Crippen LogP contribution in [-0.4, -0.2) is 71.3 Å². The maximum absolute atomic E-state index is 12.0. The Morgan fingerprint density at radius 2 is 2.18 bits per heavy atom. The average Bonchev–Trinajstić information content (AvgIpc) is 3.05. The quantitative estimate of drug-likeness (QED) is 0.468. The molecule has 2 bridgehead atoms. The molecule has 3 fully saturated rings. The Labute approximate surface area is 99.8 Å². The standard InChI is InChI=1S/C10H18N4O3/c1-12(2)11-8(15)7-4-3-6-5-13(7)9-10(17-9)14(6)16/h6-7,9-10,16H,3-5H2,1-2H3,(H,11,15)/t6-,7+,9?,10?/m1/s1. The summed E-state index contributed by atoms with van der Waals surface area (Å²) in [6.07, 6.45) is 1.23. The molecule has 17 heavy (non-hydrogen) atoms. The van der Waals surface area contributed by atoms with E-state index in [9.17, 15) is 10.0 Å². The van der Waals surface area contributed by atoms with Crippen LogP contribution in [0.15, 0.2) is 0 Å². The normalized spacial score (nSPS) is 44.4. The summed E-state index contributed by atoms with van der Waals surface area (Å²) in [6.45, 7) is 0.698. The van der Waals surface area contributed by atoms with Gasteiger partial charge in [-0.05, 0) is 12.8 Å². The lowest BCUT2D eigenvalue weighted by Gasteiger charge is -2.43. The van der Waals surface area contributed by atoms with Gasteiger partial charge in [0.15, 0.2) is 12.5 Å². The molecule has 3 heterocycles. The maximum Gasteiger partial charge on any atom is 0.251 e. The number of nitrogens with zero attached hydrogens (tertiary/aromatic N) is 3. The Morgan fingerprint density at radius 3 is 2.88 bits per heavy atom. The molecule has 0 aromatic heterocycles. The summed E-state index contributed by atoms with van der Waals surface area (Å²) in [7, 11) is 3.59. The highest BCUT2D eigenvalue weighted by atomic mass is 16.7. The summed E-state index contributed by atoms with van der Waals surface area (Å²) in [5.41, 5.74) is 2.79. The molecule has 0 radical (unpaired) electrons. The average molecular weight is 242 g/mol. The largest absolute Gasteiger partial charge is 0.334 e. The predicted molar refractivity (Wildman–Crippen MR) is 57.6 cm³/mol. The van der Waals surface area contributed by atoms with Crippen LogP contribution < -0.4 is 5.43 Å². The molecular weight excluding hydrogens is 224 g/mol. The molecule has 3 aliphatic rings. The summed E-state index contributed by atoms with van der Waals surface area (Å²) in [4.78, 5) is 14.1. The second kappa shape index (κ2) is 3.89. The maximum atomic E-state index is 12.0. The minimum atomic E-state index is -0.233. The zero-order chi connectivity index (χ0) is 12.2. The lowest BCUT2D eigenvalue weighted by atomic mass is 9.95. The number of amides is 1. The summed E-state index contributed by atoms with van der Waals surface area (Å²) in [6, 6.07) is -0.0421. The third-order valence-electron chi connectivity index (χ3n) is 3.64. The summed E-state index contributed by atoms with van der Waals surface area (Å²) in [5.74, 6) is 0.00842. The van der Waals surface area contributed by atoms with Crippen LogP contribution in [0.25, 0.3) is 0 Å². The van der Waals surface area contributed by atoms with E-state index in [2.05, 4.69) is 10.3 Å². The van der Waals surface area contributed by atoms with Crippen molar-refractivity contribution >= 4 is 5.91 Å². The SMILES string of the molecule is CN(C)NC(=O)[C@@H]1CC[C@@H]2CN1C1OC1N2O. The van der Waals surface area contributed by atoms with E-state index in [1.807, 2.05) is 0 Å². The van der Waals surface area contributed by atoms with Crippen LogP contribution in [0.4, 0.5) is 0 Å². The van der Waals surface area contributed by atoms with Crippen LogP contribution in [-0.2, 0) is 9.53 Å². The first-order chi connectivity index (χ1) is 8.08. The van der Waals surface area contributed by atoms with E-state index in [4.69, 9.17) is 4.74 Å². The Bertz CT molecular complexity index is 338. The van der Waals surface area contributed by atoms with E-state index in [0.29, 0.717) is 6.54 Å². The highest BCUT2D eigenvalue weighted by molar-refractivity contribution is 5.81. The van der Waals surface area contributed by atoms with Gasteiger partial charge in [0, 0.05) is 20.6 Å². The highest BCUT2D eigenvalue weighted by Crippen LogP contribution is 2.40. The molecule has 0 spiro atoms.